The predicted octanol–water partition coefficient (Wildman–Crippen LogP) is 4.17. The first kappa shape index (κ1) is 30.6. The van der Waals surface area contributed by atoms with E-state index < -0.39 is 47.6 Å². The van der Waals surface area contributed by atoms with E-state index in [1.54, 1.807) is 27.0 Å². The Morgan fingerprint density at radius 2 is 1.67 bits per heavy atom. The molecule has 224 valence electrons. The van der Waals surface area contributed by atoms with Gasteiger partial charge in [-0.2, -0.15) is 0 Å². The number of carboxylic acid groups (broad SMARTS) is 1. The Kier molecular flexibility index (Phi) is 9.23. The summed E-state index contributed by atoms with van der Waals surface area (Å²) < 4.78 is 5.49. The second-order valence-electron chi connectivity index (χ2n) is 12.2. The lowest BCUT2D eigenvalue weighted by Gasteiger charge is -2.38. The summed E-state index contributed by atoms with van der Waals surface area (Å²) in [6, 6.07) is 12.1. The van der Waals surface area contributed by atoms with Crippen molar-refractivity contribution in [2.75, 3.05) is 0 Å². The van der Waals surface area contributed by atoms with Gasteiger partial charge in [-0.25, -0.2) is 9.59 Å². The number of aliphatic carboxylic acids is 1. The molecule has 0 saturated carbocycles. The third-order valence-corrected chi connectivity index (χ3v) is 7.24. The highest BCUT2D eigenvalue weighted by Crippen LogP contribution is 2.26. The number of nitrogens with one attached hydrogen (secondary N) is 3. The molecule has 0 bridgehead atoms. The van der Waals surface area contributed by atoms with Crippen molar-refractivity contribution in [3.05, 3.63) is 71.4 Å². The molecule has 0 unspecified atom stereocenters. The maximum Gasteiger partial charge on any atom is 0.408 e. The van der Waals surface area contributed by atoms with Crippen LogP contribution in [0.15, 0.2) is 54.7 Å². The van der Waals surface area contributed by atoms with Crippen LogP contribution < -0.4 is 10.6 Å². The molecule has 4 rings (SSSR count). The van der Waals surface area contributed by atoms with Gasteiger partial charge in [0.15, 0.2) is 0 Å². The van der Waals surface area contributed by atoms with Crippen LogP contribution in [0.1, 0.15) is 57.7 Å². The van der Waals surface area contributed by atoms with E-state index in [2.05, 4.69) is 15.6 Å². The molecule has 4 N–H and O–H groups in total. The van der Waals surface area contributed by atoms with Gasteiger partial charge in [-0.05, 0) is 55.9 Å². The van der Waals surface area contributed by atoms with Crippen molar-refractivity contribution in [3.8, 4) is 0 Å². The molecule has 3 atom stereocenters. The molecule has 0 spiro atoms. The van der Waals surface area contributed by atoms with E-state index >= 15 is 0 Å². The number of nitrogens with zero attached hydrogens (tertiary/aromatic N) is 1. The molecule has 1 aromatic heterocycles. The van der Waals surface area contributed by atoms with Gasteiger partial charge in [0.2, 0.25) is 11.8 Å². The van der Waals surface area contributed by atoms with Crippen molar-refractivity contribution in [1.29, 1.82) is 0 Å². The minimum Gasteiger partial charge on any atom is -0.480 e. The maximum absolute atomic E-state index is 14.3. The smallest absolute Gasteiger partial charge is 0.408 e. The Morgan fingerprint density at radius 3 is 2.33 bits per heavy atom. The highest BCUT2D eigenvalue weighted by molar-refractivity contribution is 5.94. The summed E-state index contributed by atoms with van der Waals surface area (Å²) in [6.07, 6.45) is 1.68. The molecule has 3 amide bonds. The second kappa shape index (κ2) is 12.7. The van der Waals surface area contributed by atoms with Gasteiger partial charge in [0.1, 0.15) is 23.7 Å². The fraction of sp³-hybridized carbons (Fsp3) is 0.438. The zero-order chi connectivity index (χ0) is 30.6. The van der Waals surface area contributed by atoms with Gasteiger partial charge in [0.25, 0.3) is 0 Å². The van der Waals surface area contributed by atoms with Crippen molar-refractivity contribution in [2.24, 2.45) is 5.92 Å². The third-order valence-electron chi connectivity index (χ3n) is 7.24. The number of alkyl carbamates (subject to hydrolysis) is 1. The van der Waals surface area contributed by atoms with Crippen molar-refractivity contribution < 1.29 is 29.0 Å². The SMILES string of the molecule is CC(C)C[C@H](NC(=O)[C@@H]1Cc2ccccc2CN1C(=O)[C@H](Cc1c[nH]c2ccccc12)NC(=O)OC(C)(C)C)C(=O)O. The molecule has 2 aromatic carbocycles. The van der Waals surface area contributed by atoms with Crippen LogP contribution in [0.2, 0.25) is 0 Å². The zero-order valence-electron chi connectivity index (χ0n) is 24.8. The number of aromatic amines is 1. The molecule has 3 aromatic rings. The minimum atomic E-state index is -1.13. The van der Waals surface area contributed by atoms with E-state index in [0.717, 1.165) is 27.6 Å². The number of amides is 3. The number of benzene rings is 2. The number of aromatic nitrogens is 1. The van der Waals surface area contributed by atoms with Crippen molar-refractivity contribution in [2.45, 2.75) is 84.2 Å². The molecule has 1 aliphatic heterocycles. The molecule has 1 aliphatic rings. The largest absolute Gasteiger partial charge is 0.480 e. The molecule has 10 nitrogen and oxygen atoms in total. The fourth-order valence-corrected chi connectivity index (χ4v) is 5.32. The molecular formula is C32H40N4O6. The summed E-state index contributed by atoms with van der Waals surface area (Å²) in [7, 11) is 0. The number of carbonyl (C=O) groups excluding carboxylic acids is 3. The lowest BCUT2D eigenvalue weighted by Crippen LogP contribution is -2.59. The number of rotatable bonds is 9. The lowest BCUT2D eigenvalue weighted by atomic mass is 9.91. The number of H-pyrrole nitrogens is 1. The maximum atomic E-state index is 14.3. The molecule has 0 aliphatic carbocycles. The Bertz CT molecular complexity index is 1460. The van der Waals surface area contributed by atoms with E-state index in [1.807, 2.05) is 62.4 Å². The Morgan fingerprint density at radius 1 is 1.00 bits per heavy atom. The predicted molar refractivity (Wildman–Crippen MR) is 159 cm³/mol. The van der Waals surface area contributed by atoms with Crippen LogP contribution in [0, 0.1) is 5.92 Å². The molecular weight excluding hydrogens is 536 g/mol. The Labute approximate surface area is 245 Å². The van der Waals surface area contributed by atoms with Gasteiger partial charge in [0.05, 0.1) is 0 Å². The van der Waals surface area contributed by atoms with Gasteiger partial charge in [0, 0.05) is 36.5 Å². The molecule has 0 fully saturated rings. The van der Waals surface area contributed by atoms with Crippen LogP contribution in [0.25, 0.3) is 10.9 Å². The van der Waals surface area contributed by atoms with Gasteiger partial charge >= 0.3 is 12.1 Å². The number of fused-ring (bicyclic) bond motifs is 2. The summed E-state index contributed by atoms with van der Waals surface area (Å²) in [5, 5.41) is 16.1. The van der Waals surface area contributed by atoms with E-state index in [0.29, 0.717) is 0 Å². The number of hydrogen-bond acceptors (Lipinski definition) is 5. The normalized spacial score (nSPS) is 16.4. The molecule has 2 heterocycles. The zero-order valence-corrected chi connectivity index (χ0v) is 24.8. The van der Waals surface area contributed by atoms with Gasteiger partial charge < -0.3 is 30.4 Å². The average molecular weight is 577 g/mol. The molecule has 42 heavy (non-hydrogen) atoms. The van der Waals surface area contributed by atoms with Crippen LogP contribution in [0.5, 0.6) is 0 Å². The average Bonchev–Trinajstić information content (AvgIpc) is 3.32. The van der Waals surface area contributed by atoms with E-state index in [4.69, 9.17) is 4.74 Å². The van der Waals surface area contributed by atoms with Crippen LogP contribution in [0.3, 0.4) is 0 Å². The van der Waals surface area contributed by atoms with Crippen molar-refractivity contribution >= 4 is 34.8 Å². The van der Waals surface area contributed by atoms with Crippen LogP contribution in [0.4, 0.5) is 4.79 Å². The number of carboxylic acids is 1. The topological polar surface area (TPSA) is 141 Å². The number of carbonyl (C=O) groups is 4. The Balaban J connectivity index is 1.68. The quantitative estimate of drug-likeness (QED) is 0.301. The lowest BCUT2D eigenvalue weighted by molar-refractivity contribution is -0.146. The highest BCUT2D eigenvalue weighted by atomic mass is 16.6. The minimum absolute atomic E-state index is 0.0369. The second-order valence-corrected chi connectivity index (χ2v) is 12.2. The monoisotopic (exact) mass is 576 g/mol. The summed E-state index contributed by atoms with van der Waals surface area (Å²) in [5.41, 5.74) is 2.72. The van der Waals surface area contributed by atoms with Crippen molar-refractivity contribution in [3.63, 3.8) is 0 Å². The van der Waals surface area contributed by atoms with Crippen LogP contribution in [-0.4, -0.2) is 62.6 Å². The fourth-order valence-electron chi connectivity index (χ4n) is 5.32. The standard InChI is InChI=1S/C32H40N4O6/c1-19(2)14-26(30(39)40)34-28(37)27-16-20-10-6-7-11-21(20)18-36(27)29(38)25(35-31(41)42-32(3,4)5)15-22-17-33-24-13-9-8-12-23(22)24/h6-13,17,19,25-27,33H,14-16,18H2,1-5H3,(H,34,37)(H,35,41)(H,39,40)/t25-,26-,27-/m0/s1. The summed E-state index contributed by atoms with van der Waals surface area (Å²) in [4.78, 5) is 57.5. The first-order valence-corrected chi connectivity index (χ1v) is 14.3. The highest BCUT2D eigenvalue weighted by Gasteiger charge is 2.39. The number of para-hydroxylation sites is 1. The van der Waals surface area contributed by atoms with E-state index in [-0.39, 0.29) is 31.7 Å². The van der Waals surface area contributed by atoms with Crippen LogP contribution in [-0.2, 0) is 38.5 Å². The van der Waals surface area contributed by atoms with Crippen LogP contribution >= 0.6 is 0 Å². The third kappa shape index (κ3) is 7.48. The van der Waals surface area contributed by atoms with Crippen molar-refractivity contribution in [1.82, 2.24) is 20.5 Å². The van der Waals surface area contributed by atoms with E-state index in [9.17, 15) is 24.3 Å². The van der Waals surface area contributed by atoms with E-state index in [1.165, 1.54) is 4.90 Å². The summed E-state index contributed by atoms with van der Waals surface area (Å²) in [5.74, 6) is -2.10. The summed E-state index contributed by atoms with van der Waals surface area (Å²) in [6.45, 7) is 9.11. The van der Waals surface area contributed by atoms with Gasteiger partial charge in [-0.3, -0.25) is 9.59 Å². The molecule has 10 heteroatoms. The molecule has 0 saturated heterocycles. The van der Waals surface area contributed by atoms with Gasteiger partial charge in [-0.1, -0.05) is 56.3 Å². The summed E-state index contributed by atoms with van der Waals surface area (Å²) >= 11 is 0. The Hall–Kier alpha value is -4.34. The number of hydrogen-bond donors (Lipinski definition) is 4. The molecule has 0 radical (unpaired) electrons. The number of ether oxygens (including phenoxy) is 1. The first-order chi connectivity index (χ1) is 19.8. The van der Waals surface area contributed by atoms with Gasteiger partial charge in [-0.15, -0.1) is 0 Å². The first-order valence-electron chi connectivity index (χ1n) is 14.3.